The van der Waals surface area contributed by atoms with Crippen LogP contribution in [0.15, 0.2) is 18.3 Å². The van der Waals surface area contributed by atoms with Gasteiger partial charge in [-0.25, -0.2) is 0 Å². The topological polar surface area (TPSA) is 53.4 Å². The van der Waals surface area contributed by atoms with E-state index in [1.54, 1.807) is 18.3 Å². The van der Waals surface area contributed by atoms with Crippen LogP contribution in [-0.2, 0) is 12.2 Å². The van der Waals surface area contributed by atoms with Gasteiger partial charge in [-0.3, -0.25) is 4.98 Å². The summed E-state index contributed by atoms with van der Waals surface area (Å²) in [6, 6.07) is 3.60. The molecule has 0 amide bonds. The number of nitrogens with zero attached hydrogens (tertiary/aromatic N) is 1. The minimum absolute atomic E-state index is 0.00566. The first-order chi connectivity index (χ1) is 6.24. The zero-order chi connectivity index (χ0) is 9.31. The van der Waals surface area contributed by atoms with Crippen molar-refractivity contribution in [3.05, 3.63) is 29.6 Å². The third-order valence-corrected chi connectivity index (χ3v) is 2.66. The van der Waals surface area contributed by atoms with E-state index in [0.717, 1.165) is 30.5 Å². The first-order valence-corrected chi connectivity index (χ1v) is 4.53. The average Bonchev–Trinajstić information content (AvgIpc) is 2.14. The monoisotopic (exact) mass is 179 g/mol. The fourth-order valence-electron chi connectivity index (χ4n) is 1.56. The highest BCUT2D eigenvalue weighted by Gasteiger charge is 2.37. The Hall–Kier alpha value is -0.930. The van der Waals surface area contributed by atoms with Crippen LogP contribution in [0.2, 0.25) is 0 Å². The Morgan fingerprint density at radius 3 is 2.54 bits per heavy atom. The zero-order valence-corrected chi connectivity index (χ0v) is 7.40. The van der Waals surface area contributed by atoms with Crippen LogP contribution < -0.4 is 0 Å². The predicted octanol–water partition coefficient (Wildman–Crippen LogP) is 0.945. The number of hydrogen-bond acceptors (Lipinski definition) is 3. The number of aliphatic hydroxyl groups excluding tert-OH is 1. The van der Waals surface area contributed by atoms with Crippen LogP contribution in [0.4, 0.5) is 0 Å². The summed E-state index contributed by atoms with van der Waals surface area (Å²) >= 11 is 0. The highest BCUT2D eigenvalue weighted by molar-refractivity contribution is 5.20. The molecule has 3 heteroatoms. The zero-order valence-electron chi connectivity index (χ0n) is 7.40. The van der Waals surface area contributed by atoms with E-state index in [4.69, 9.17) is 5.11 Å². The Bertz CT molecular complexity index is 290. The van der Waals surface area contributed by atoms with Gasteiger partial charge in [-0.05, 0) is 30.9 Å². The lowest BCUT2D eigenvalue weighted by Gasteiger charge is -2.35. The second-order valence-corrected chi connectivity index (χ2v) is 3.59. The van der Waals surface area contributed by atoms with E-state index >= 15 is 0 Å². The lowest BCUT2D eigenvalue weighted by molar-refractivity contribution is -0.0426. The highest BCUT2D eigenvalue weighted by Crippen LogP contribution is 2.39. The van der Waals surface area contributed by atoms with Crippen LogP contribution in [0, 0.1) is 0 Å². The van der Waals surface area contributed by atoms with Gasteiger partial charge in [0, 0.05) is 6.20 Å². The Kier molecular flexibility index (Phi) is 2.06. The molecule has 1 fully saturated rings. The van der Waals surface area contributed by atoms with Crippen molar-refractivity contribution in [3.63, 3.8) is 0 Å². The van der Waals surface area contributed by atoms with Crippen LogP contribution in [0.25, 0.3) is 0 Å². The van der Waals surface area contributed by atoms with E-state index in [2.05, 4.69) is 4.98 Å². The van der Waals surface area contributed by atoms with Crippen molar-refractivity contribution in [1.29, 1.82) is 0 Å². The molecule has 2 rings (SSSR count). The lowest BCUT2D eigenvalue weighted by atomic mass is 9.77. The standard InChI is InChI=1S/C10H13NO2/c12-7-8-2-3-9(11-6-8)10(13)4-1-5-10/h2-3,6,12-13H,1,4-5,7H2. The molecule has 13 heavy (non-hydrogen) atoms. The quantitative estimate of drug-likeness (QED) is 0.710. The Morgan fingerprint density at radius 1 is 1.38 bits per heavy atom. The van der Waals surface area contributed by atoms with Crippen molar-refractivity contribution >= 4 is 0 Å². The maximum absolute atomic E-state index is 9.92. The Labute approximate surface area is 77.1 Å². The van der Waals surface area contributed by atoms with Gasteiger partial charge < -0.3 is 10.2 Å². The van der Waals surface area contributed by atoms with Crippen LogP contribution in [0.3, 0.4) is 0 Å². The molecule has 0 atom stereocenters. The predicted molar refractivity (Wildman–Crippen MR) is 47.9 cm³/mol. The minimum Gasteiger partial charge on any atom is -0.392 e. The number of pyridine rings is 1. The van der Waals surface area contributed by atoms with E-state index in [1.165, 1.54) is 0 Å². The maximum atomic E-state index is 9.92. The molecule has 1 aromatic heterocycles. The summed E-state index contributed by atoms with van der Waals surface area (Å²) in [5.74, 6) is 0. The summed E-state index contributed by atoms with van der Waals surface area (Å²) in [5.41, 5.74) is 0.830. The van der Waals surface area contributed by atoms with E-state index in [-0.39, 0.29) is 6.61 Å². The smallest absolute Gasteiger partial charge is 0.106 e. The summed E-state index contributed by atoms with van der Waals surface area (Å²) in [6.07, 6.45) is 4.29. The molecule has 0 bridgehead atoms. The summed E-state index contributed by atoms with van der Waals surface area (Å²) in [4.78, 5) is 4.13. The summed E-state index contributed by atoms with van der Waals surface area (Å²) in [5, 5.41) is 18.7. The lowest BCUT2D eigenvalue weighted by Crippen LogP contribution is -2.34. The van der Waals surface area contributed by atoms with Crippen LogP contribution in [0.5, 0.6) is 0 Å². The molecule has 1 heterocycles. The van der Waals surface area contributed by atoms with Crippen molar-refractivity contribution in [2.75, 3.05) is 0 Å². The molecule has 1 aliphatic rings. The Balaban J connectivity index is 2.22. The van der Waals surface area contributed by atoms with Gasteiger partial charge in [0.1, 0.15) is 5.60 Å². The third-order valence-electron chi connectivity index (χ3n) is 2.66. The van der Waals surface area contributed by atoms with Gasteiger partial charge >= 0.3 is 0 Å². The van der Waals surface area contributed by atoms with Gasteiger partial charge in [0.05, 0.1) is 12.3 Å². The molecule has 1 aliphatic carbocycles. The van der Waals surface area contributed by atoms with Gasteiger partial charge in [0.15, 0.2) is 0 Å². The van der Waals surface area contributed by atoms with E-state index < -0.39 is 5.60 Å². The molecule has 0 aliphatic heterocycles. The number of rotatable bonds is 2. The molecule has 0 aromatic carbocycles. The van der Waals surface area contributed by atoms with Gasteiger partial charge in [-0.15, -0.1) is 0 Å². The fraction of sp³-hybridized carbons (Fsp3) is 0.500. The second-order valence-electron chi connectivity index (χ2n) is 3.59. The van der Waals surface area contributed by atoms with Gasteiger partial charge in [-0.1, -0.05) is 6.07 Å². The van der Waals surface area contributed by atoms with Crippen molar-refractivity contribution in [1.82, 2.24) is 4.98 Å². The van der Waals surface area contributed by atoms with Crippen molar-refractivity contribution in [3.8, 4) is 0 Å². The third kappa shape index (κ3) is 1.45. The summed E-state index contributed by atoms with van der Waals surface area (Å²) in [6.45, 7) is 0.00566. The van der Waals surface area contributed by atoms with Gasteiger partial charge in [-0.2, -0.15) is 0 Å². The Morgan fingerprint density at radius 2 is 2.15 bits per heavy atom. The van der Waals surface area contributed by atoms with Crippen LogP contribution in [0.1, 0.15) is 30.5 Å². The molecule has 0 spiro atoms. The van der Waals surface area contributed by atoms with Crippen LogP contribution >= 0.6 is 0 Å². The average molecular weight is 179 g/mol. The molecule has 0 unspecified atom stereocenters. The molecule has 3 nitrogen and oxygen atoms in total. The molecule has 0 radical (unpaired) electrons. The molecular weight excluding hydrogens is 166 g/mol. The normalized spacial score (nSPS) is 19.5. The molecule has 2 N–H and O–H groups in total. The minimum atomic E-state index is -0.687. The largest absolute Gasteiger partial charge is 0.392 e. The van der Waals surface area contributed by atoms with E-state index in [0.29, 0.717) is 0 Å². The number of hydrogen-bond donors (Lipinski definition) is 2. The van der Waals surface area contributed by atoms with Gasteiger partial charge in [0.25, 0.3) is 0 Å². The highest BCUT2D eigenvalue weighted by atomic mass is 16.3. The molecular formula is C10H13NO2. The number of aliphatic hydroxyl groups is 2. The fourth-order valence-corrected chi connectivity index (χ4v) is 1.56. The van der Waals surface area contributed by atoms with E-state index in [1.807, 2.05) is 0 Å². The second kappa shape index (κ2) is 3.09. The maximum Gasteiger partial charge on any atom is 0.106 e. The van der Waals surface area contributed by atoms with Gasteiger partial charge in [0.2, 0.25) is 0 Å². The van der Waals surface area contributed by atoms with E-state index in [9.17, 15) is 5.11 Å². The first kappa shape index (κ1) is 8.66. The molecule has 0 saturated heterocycles. The van der Waals surface area contributed by atoms with Crippen LogP contribution in [-0.4, -0.2) is 15.2 Å². The molecule has 1 aromatic rings. The molecule has 70 valence electrons. The number of aromatic nitrogens is 1. The van der Waals surface area contributed by atoms with Crippen molar-refractivity contribution < 1.29 is 10.2 Å². The molecule has 1 saturated carbocycles. The summed E-state index contributed by atoms with van der Waals surface area (Å²) < 4.78 is 0. The van der Waals surface area contributed by atoms with Crippen molar-refractivity contribution in [2.45, 2.75) is 31.5 Å². The SMILES string of the molecule is OCc1ccc(C2(O)CCC2)nc1. The first-order valence-electron chi connectivity index (χ1n) is 4.53. The van der Waals surface area contributed by atoms with Crippen molar-refractivity contribution in [2.24, 2.45) is 0 Å². The summed E-state index contributed by atoms with van der Waals surface area (Å²) in [7, 11) is 0.